The van der Waals surface area contributed by atoms with E-state index in [9.17, 15) is 9.59 Å². The van der Waals surface area contributed by atoms with Crippen LogP contribution >= 0.6 is 0 Å². The third-order valence-corrected chi connectivity index (χ3v) is 8.54. The first-order valence-corrected chi connectivity index (χ1v) is 17.2. The summed E-state index contributed by atoms with van der Waals surface area (Å²) in [7, 11) is 0. The monoisotopic (exact) mass is 618 g/mol. The number of hydrogen-bond acceptors (Lipinski definition) is 6. The largest absolute Gasteiger partial charge is 0.494 e. The van der Waals surface area contributed by atoms with Crippen molar-refractivity contribution in [3.05, 3.63) is 83.9 Å². The number of carbonyl (C=O) groups excluding carboxylic acids is 2. The first kappa shape index (κ1) is 33.1. The molecule has 0 aliphatic heterocycles. The summed E-state index contributed by atoms with van der Waals surface area (Å²) < 4.78 is 11.9. The van der Waals surface area contributed by atoms with Crippen molar-refractivity contribution in [3.63, 3.8) is 0 Å². The third-order valence-electron chi connectivity index (χ3n) is 8.54. The molecule has 0 amide bonds. The fourth-order valence-electron chi connectivity index (χ4n) is 5.80. The Morgan fingerprint density at radius 1 is 0.457 bits per heavy atom. The van der Waals surface area contributed by atoms with E-state index in [0.29, 0.717) is 36.0 Å². The Labute approximate surface area is 273 Å². The van der Waals surface area contributed by atoms with Gasteiger partial charge in [-0.05, 0) is 85.6 Å². The number of aromatic nitrogens is 2. The summed E-state index contributed by atoms with van der Waals surface area (Å²) in [5, 5.41) is 0. The summed E-state index contributed by atoms with van der Waals surface area (Å²) in [6, 6.07) is 22.7. The first-order chi connectivity index (χ1) is 22.6. The maximum absolute atomic E-state index is 13.0. The average molecular weight is 619 g/mol. The molecule has 0 saturated heterocycles. The van der Waals surface area contributed by atoms with E-state index in [-0.39, 0.29) is 11.1 Å². The number of ketones is 2. The summed E-state index contributed by atoms with van der Waals surface area (Å²) >= 11 is 0. The number of ether oxygens (including phenoxy) is 2. The van der Waals surface area contributed by atoms with E-state index < -0.39 is 11.6 Å². The SMILES string of the molecule is CCCCCCCCOc1ccc(-c2ccc3c(n2)-c2nc(-c4ccc(OCCCCCCCC)cc4)ccc2C(=O)C3=O)cc1. The normalized spacial score (nSPS) is 12.1. The number of unbranched alkanes of at least 4 members (excludes halogenated alkanes) is 10. The standard InChI is InChI=1S/C40H46N2O4/c1-3-5-7-9-11-13-27-45-31-19-15-29(16-20-31)35-25-23-33-37(41-35)38-34(40(44)39(33)43)24-26-36(42-38)30-17-21-32(22-18-30)46-28-14-12-10-8-6-4-2/h15-26H,3-14,27-28H2,1-2H3. The molecule has 4 aromatic rings. The van der Waals surface area contributed by atoms with E-state index in [0.717, 1.165) is 35.5 Å². The first-order valence-electron chi connectivity index (χ1n) is 17.2. The Hall–Kier alpha value is -4.32. The number of Topliss-reactive ketones (excluding diaryl/α,β-unsaturated/α-hetero) is 2. The molecule has 2 heterocycles. The van der Waals surface area contributed by atoms with Gasteiger partial charge in [-0.2, -0.15) is 0 Å². The summed E-state index contributed by atoms with van der Waals surface area (Å²) in [6.45, 7) is 5.87. The highest BCUT2D eigenvalue weighted by atomic mass is 16.5. The van der Waals surface area contributed by atoms with Gasteiger partial charge >= 0.3 is 0 Å². The van der Waals surface area contributed by atoms with Crippen LogP contribution in [0.1, 0.15) is 112 Å². The van der Waals surface area contributed by atoms with Gasteiger partial charge in [0.1, 0.15) is 22.9 Å². The second-order valence-electron chi connectivity index (χ2n) is 12.1. The molecule has 0 fully saturated rings. The molecule has 5 rings (SSSR count). The third kappa shape index (κ3) is 8.48. The Balaban J connectivity index is 1.27. The molecule has 0 unspecified atom stereocenters. The zero-order chi connectivity index (χ0) is 32.1. The number of rotatable bonds is 18. The van der Waals surface area contributed by atoms with Gasteiger partial charge in [0.05, 0.1) is 35.7 Å². The minimum Gasteiger partial charge on any atom is -0.494 e. The van der Waals surface area contributed by atoms with Gasteiger partial charge in [-0.1, -0.05) is 78.1 Å². The molecule has 0 radical (unpaired) electrons. The highest BCUT2D eigenvalue weighted by Gasteiger charge is 2.33. The maximum atomic E-state index is 13.0. The quantitative estimate of drug-likeness (QED) is 0.0815. The van der Waals surface area contributed by atoms with Gasteiger partial charge in [-0.3, -0.25) is 9.59 Å². The van der Waals surface area contributed by atoms with Crippen LogP contribution in [0.25, 0.3) is 33.9 Å². The Morgan fingerprint density at radius 2 is 0.826 bits per heavy atom. The Morgan fingerprint density at radius 3 is 1.22 bits per heavy atom. The minimum absolute atomic E-state index is 0.281. The predicted octanol–water partition coefficient (Wildman–Crippen LogP) is 10.3. The number of fused-ring (bicyclic) bond motifs is 3. The molecule has 6 nitrogen and oxygen atoms in total. The molecule has 6 heteroatoms. The lowest BCUT2D eigenvalue weighted by molar-refractivity contribution is 0.0814. The van der Waals surface area contributed by atoms with Crippen LogP contribution in [0.5, 0.6) is 11.5 Å². The van der Waals surface area contributed by atoms with Crippen LogP contribution in [0, 0.1) is 0 Å². The molecule has 46 heavy (non-hydrogen) atoms. The second kappa shape index (κ2) is 16.8. The number of nitrogens with zero attached hydrogens (tertiary/aromatic N) is 2. The van der Waals surface area contributed by atoms with Crippen LogP contribution in [-0.2, 0) is 0 Å². The van der Waals surface area contributed by atoms with E-state index in [2.05, 4.69) is 13.8 Å². The summed E-state index contributed by atoms with van der Waals surface area (Å²) in [4.78, 5) is 35.7. The predicted molar refractivity (Wildman–Crippen MR) is 185 cm³/mol. The number of hydrogen-bond donors (Lipinski definition) is 0. The molecule has 1 aliphatic carbocycles. The molecule has 2 aromatic heterocycles. The summed E-state index contributed by atoms with van der Waals surface area (Å²) in [5.74, 6) is 0.542. The Bertz CT molecular complexity index is 1470. The van der Waals surface area contributed by atoms with Crippen LogP contribution in [0.2, 0.25) is 0 Å². The van der Waals surface area contributed by atoms with Crippen LogP contribution in [-0.4, -0.2) is 34.7 Å². The van der Waals surface area contributed by atoms with Crippen molar-refractivity contribution in [3.8, 4) is 45.4 Å². The lowest BCUT2D eigenvalue weighted by Gasteiger charge is -2.18. The van der Waals surface area contributed by atoms with Crippen molar-refractivity contribution in [2.75, 3.05) is 13.2 Å². The topological polar surface area (TPSA) is 78.4 Å². The summed E-state index contributed by atoms with van der Waals surface area (Å²) in [5.41, 5.74) is 4.62. The van der Waals surface area contributed by atoms with Crippen molar-refractivity contribution in [1.29, 1.82) is 0 Å². The Kier molecular flexibility index (Phi) is 12.1. The number of pyridine rings is 2. The van der Waals surface area contributed by atoms with Gasteiger partial charge in [0, 0.05) is 11.1 Å². The van der Waals surface area contributed by atoms with E-state index >= 15 is 0 Å². The van der Waals surface area contributed by atoms with Crippen molar-refractivity contribution in [2.24, 2.45) is 0 Å². The molecule has 0 bridgehead atoms. The molecule has 240 valence electrons. The van der Waals surface area contributed by atoms with Crippen molar-refractivity contribution in [1.82, 2.24) is 9.97 Å². The van der Waals surface area contributed by atoms with Crippen LogP contribution < -0.4 is 9.47 Å². The molecular weight excluding hydrogens is 572 g/mol. The van der Waals surface area contributed by atoms with Crippen molar-refractivity contribution < 1.29 is 19.1 Å². The number of carbonyl (C=O) groups is 2. The molecule has 2 aromatic carbocycles. The van der Waals surface area contributed by atoms with E-state index in [1.807, 2.05) is 48.5 Å². The lowest BCUT2D eigenvalue weighted by Crippen LogP contribution is -2.23. The van der Waals surface area contributed by atoms with Crippen LogP contribution in [0.3, 0.4) is 0 Å². The fourth-order valence-corrected chi connectivity index (χ4v) is 5.80. The average Bonchev–Trinajstić information content (AvgIpc) is 3.10. The summed E-state index contributed by atoms with van der Waals surface area (Å²) in [6.07, 6.45) is 14.7. The van der Waals surface area contributed by atoms with Crippen molar-refractivity contribution >= 4 is 11.6 Å². The highest BCUT2D eigenvalue weighted by Crippen LogP contribution is 2.35. The highest BCUT2D eigenvalue weighted by molar-refractivity contribution is 6.52. The fraction of sp³-hybridized carbons (Fsp3) is 0.400. The molecule has 0 saturated carbocycles. The van der Waals surface area contributed by atoms with Gasteiger partial charge in [-0.15, -0.1) is 0 Å². The van der Waals surface area contributed by atoms with E-state index in [1.54, 1.807) is 24.3 Å². The lowest BCUT2D eigenvalue weighted by atomic mass is 9.89. The van der Waals surface area contributed by atoms with Crippen LogP contribution in [0.15, 0.2) is 72.8 Å². The van der Waals surface area contributed by atoms with E-state index in [1.165, 1.54) is 64.2 Å². The number of benzene rings is 2. The van der Waals surface area contributed by atoms with Gasteiger partial charge in [0.2, 0.25) is 11.6 Å². The second-order valence-corrected chi connectivity index (χ2v) is 12.1. The minimum atomic E-state index is -0.554. The molecule has 1 aliphatic rings. The maximum Gasteiger partial charge on any atom is 0.235 e. The molecule has 0 spiro atoms. The van der Waals surface area contributed by atoms with Gasteiger partial charge in [0.25, 0.3) is 0 Å². The van der Waals surface area contributed by atoms with Gasteiger partial charge < -0.3 is 9.47 Å². The van der Waals surface area contributed by atoms with Gasteiger partial charge in [-0.25, -0.2) is 9.97 Å². The smallest absolute Gasteiger partial charge is 0.235 e. The van der Waals surface area contributed by atoms with Gasteiger partial charge in [0.15, 0.2) is 0 Å². The van der Waals surface area contributed by atoms with E-state index in [4.69, 9.17) is 19.4 Å². The zero-order valence-corrected chi connectivity index (χ0v) is 27.4. The zero-order valence-electron chi connectivity index (χ0n) is 27.4. The molecule has 0 N–H and O–H groups in total. The van der Waals surface area contributed by atoms with Crippen molar-refractivity contribution in [2.45, 2.75) is 90.9 Å². The van der Waals surface area contributed by atoms with Crippen LogP contribution in [0.4, 0.5) is 0 Å². The molecule has 0 atom stereocenters. The molecular formula is C40H46N2O4.